The molecule has 2 atom stereocenters. The van der Waals surface area contributed by atoms with Crippen molar-refractivity contribution in [3.05, 3.63) is 97.9 Å². The van der Waals surface area contributed by atoms with E-state index in [-0.39, 0.29) is 12.3 Å². The second-order valence-electron chi connectivity index (χ2n) is 6.86. The highest BCUT2D eigenvalue weighted by atomic mass is 79.9. The lowest BCUT2D eigenvalue weighted by atomic mass is 9.96. The number of hydrogen-bond acceptors (Lipinski definition) is 3. The first-order valence-corrected chi connectivity index (χ1v) is 10.5. The average molecular weight is 474 g/mol. The van der Waals surface area contributed by atoms with Crippen molar-refractivity contribution < 1.29 is 4.74 Å². The van der Waals surface area contributed by atoms with Crippen LogP contribution in [0.4, 0.5) is 0 Å². The van der Waals surface area contributed by atoms with Gasteiger partial charge in [0.2, 0.25) is 6.23 Å². The Hall–Kier alpha value is -2.01. The fourth-order valence-electron chi connectivity index (χ4n) is 3.72. The van der Waals surface area contributed by atoms with Crippen molar-refractivity contribution >= 4 is 44.8 Å². The maximum Gasteiger partial charge on any atom is 0.213 e. The van der Waals surface area contributed by atoms with E-state index in [1.54, 1.807) is 0 Å². The average Bonchev–Trinajstić information content (AvgIpc) is 3.14. The zero-order valence-electron chi connectivity index (χ0n) is 14.6. The SMILES string of the molecule is Clc1ccc(C2=NN3[C@@H](c4ccc(Br)cc4)Oc4ccc(Cl)cc4[C@@H]3C2)cc1. The molecule has 0 spiro atoms. The fourth-order valence-corrected chi connectivity index (χ4v) is 4.29. The number of hydrazone groups is 1. The summed E-state index contributed by atoms with van der Waals surface area (Å²) in [5.74, 6) is 0.853. The van der Waals surface area contributed by atoms with Crippen molar-refractivity contribution in [2.24, 2.45) is 5.10 Å². The minimum absolute atomic E-state index is 0.0711. The number of ether oxygens (including phenoxy) is 1. The molecule has 0 aromatic heterocycles. The van der Waals surface area contributed by atoms with Gasteiger partial charge in [-0.15, -0.1) is 0 Å². The molecule has 3 aromatic carbocycles. The van der Waals surface area contributed by atoms with Crippen LogP contribution in [0, 0.1) is 0 Å². The van der Waals surface area contributed by atoms with E-state index in [2.05, 4.69) is 28.1 Å². The fraction of sp³-hybridized carbons (Fsp3) is 0.136. The molecule has 2 heterocycles. The number of fused-ring (bicyclic) bond motifs is 3. The van der Waals surface area contributed by atoms with Crippen LogP contribution in [0.2, 0.25) is 10.0 Å². The van der Waals surface area contributed by atoms with E-state index < -0.39 is 0 Å². The molecule has 140 valence electrons. The van der Waals surface area contributed by atoms with Crippen molar-refractivity contribution in [2.45, 2.75) is 18.7 Å². The normalized spacial score (nSPS) is 20.2. The van der Waals surface area contributed by atoms with Crippen LogP contribution in [-0.2, 0) is 0 Å². The molecule has 2 aliphatic rings. The molecule has 0 fully saturated rings. The molecule has 6 heteroatoms. The molecule has 0 radical (unpaired) electrons. The van der Waals surface area contributed by atoms with Gasteiger partial charge < -0.3 is 4.74 Å². The van der Waals surface area contributed by atoms with Gasteiger partial charge in [0.25, 0.3) is 0 Å². The topological polar surface area (TPSA) is 24.8 Å². The Kier molecular flexibility index (Phi) is 4.58. The van der Waals surface area contributed by atoms with Crippen LogP contribution in [0.3, 0.4) is 0 Å². The van der Waals surface area contributed by atoms with E-state index in [0.29, 0.717) is 10.0 Å². The van der Waals surface area contributed by atoms with Gasteiger partial charge in [-0.1, -0.05) is 63.4 Å². The third-order valence-corrected chi connectivity index (χ3v) is 6.10. The van der Waals surface area contributed by atoms with Crippen LogP contribution in [0.25, 0.3) is 0 Å². The third-order valence-electron chi connectivity index (χ3n) is 5.08. The van der Waals surface area contributed by atoms with Crippen molar-refractivity contribution in [3.63, 3.8) is 0 Å². The number of hydrogen-bond donors (Lipinski definition) is 0. The van der Waals surface area contributed by atoms with Gasteiger partial charge in [0, 0.05) is 32.1 Å². The molecule has 0 amide bonds. The minimum atomic E-state index is -0.295. The molecular weight excluding hydrogens is 459 g/mol. The summed E-state index contributed by atoms with van der Waals surface area (Å²) in [5, 5.41) is 8.41. The van der Waals surface area contributed by atoms with Gasteiger partial charge >= 0.3 is 0 Å². The van der Waals surface area contributed by atoms with Gasteiger partial charge in [0.05, 0.1) is 11.8 Å². The van der Waals surface area contributed by atoms with Gasteiger partial charge in [-0.25, -0.2) is 5.01 Å². The lowest BCUT2D eigenvalue weighted by Gasteiger charge is -2.38. The maximum absolute atomic E-state index is 6.35. The monoisotopic (exact) mass is 472 g/mol. The Balaban J connectivity index is 1.59. The summed E-state index contributed by atoms with van der Waals surface area (Å²) in [5.41, 5.74) is 4.20. The minimum Gasteiger partial charge on any atom is -0.464 e. The Morgan fingerprint density at radius 3 is 2.39 bits per heavy atom. The number of rotatable bonds is 2. The van der Waals surface area contributed by atoms with Crippen LogP contribution in [0.5, 0.6) is 5.75 Å². The molecule has 28 heavy (non-hydrogen) atoms. The standard InChI is InChI=1S/C22H15BrCl2N2O/c23-15-5-1-14(2-6-15)22-27-20(18-11-17(25)9-10-21(18)28-22)12-19(26-27)13-3-7-16(24)8-4-13/h1-11,20,22H,12H2/t20-,22+/m0/s1. The Morgan fingerprint density at radius 2 is 1.64 bits per heavy atom. The van der Waals surface area contributed by atoms with Crippen LogP contribution in [0.15, 0.2) is 76.3 Å². The highest BCUT2D eigenvalue weighted by Crippen LogP contribution is 2.48. The number of nitrogens with zero attached hydrogens (tertiary/aromatic N) is 2. The molecule has 3 aromatic rings. The van der Waals surface area contributed by atoms with E-state index in [9.17, 15) is 0 Å². The Morgan fingerprint density at radius 1 is 0.929 bits per heavy atom. The first-order valence-electron chi connectivity index (χ1n) is 8.92. The molecule has 2 aliphatic heterocycles. The summed E-state index contributed by atoms with van der Waals surface area (Å²) < 4.78 is 7.38. The van der Waals surface area contributed by atoms with E-state index in [1.165, 1.54) is 0 Å². The highest BCUT2D eigenvalue weighted by Gasteiger charge is 2.41. The van der Waals surface area contributed by atoms with Crippen molar-refractivity contribution in [1.29, 1.82) is 0 Å². The quantitative estimate of drug-likeness (QED) is 0.400. The van der Waals surface area contributed by atoms with Crippen molar-refractivity contribution in [2.75, 3.05) is 0 Å². The maximum atomic E-state index is 6.35. The van der Waals surface area contributed by atoms with Crippen molar-refractivity contribution in [1.82, 2.24) is 5.01 Å². The molecular formula is C22H15BrCl2N2O. The molecule has 0 bridgehead atoms. The number of benzene rings is 3. The lowest BCUT2D eigenvalue weighted by molar-refractivity contribution is -0.0190. The Bertz CT molecular complexity index is 1070. The van der Waals surface area contributed by atoms with Crippen LogP contribution >= 0.6 is 39.1 Å². The third kappa shape index (κ3) is 3.20. The predicted octanol–water partition coefficient (Wildman–Crippen LogP) is 7.00. The van der Waals surface area contributed by atoms with Gasteiger partial charge in [-0.2, -0.15) is 5.10 Å². The van der Waals surface area contributed by atoms with E-state index in [0.717, 1.165) is 39.0 Å². The van der Waals surface area contributed by atoms with Gasteiger partial charge in [0.15, 0.2) is 0 Å². The molecule has 5 rings (SSSR count). The summed E-state index contributed by atoms with van der Waals surface area (Å²) >= 11 is 15.8. The molecule has 0 N–H and O–H groups in total. The molecule has 0 aliphatic carbocycles. The highest BCUT2D eigenvalue weighted by molar-refractivity contribution is 9.10. The second-order valence-corrected chi connectivity index (χ2v) is 8.65. The summed E-state index contributed by atoms with van der Waals surface area (Å²) in [6.45, 7) is 0. The molecule has 0 saturated heterocycles. The first-order chi connectivity index (χ1) is 13.6. The van der Waals surface area contributed by atoms with E-state index in [1.807, 2.05) is 59.6 Å². The first kappa shape index (κ1) is 18.0. The van der Waals surface area contributed by atoms with Crippen LogP contribution in [0.1, 0.15) is 35.4 Å². The van der Waals surface area contributed by atoms with Gasteiger partial charge in [-0.05, 0) is 48.0 Å². The van der Waals surface area contributed by atoms with Crippen LogP contribution in [-0.4, -0.2) is 10.7 Å². The summed E-state index contributed by atoms with van der Waals surface area (Å²) in [7, 11) is 0. The predicted molar refractivity (Wildman–Crippen MR) is 116 cm³/mol. The van der Waals surface area contributed by atoms with Crippen LogP contribution < -0.4 is 4.74 Å². The zero-order valence-corrected chi connectivity index (χ0v) is 17.7. The van der Waals surface area contributed by atoms with Gasteiger partial charge in [-0.3, -0.25) is 0 Å². The summed E-state index contributed by atoms with van der Waals surface area (Å²) in [6.07, 6.45) is 0.488. The molecule has 0 saturated carbocycles. The molecule has 0 unspecified atom stereocenters. The Labute approximate surface area is 181 Å². The lowest BCUT2D eigenvalue weighted by Crippen LogP contribution is -2.33. The molecule has 3 nitrogen and oxygen atoms in total. The summed E-state index contributed by atoms with van der Waals surface area (Å²) in [6, 6.07) is 21.8. The number of halogens is 3. The largest absolute Gasteiger partial charge is 0.464 e. The van der Waals surface area contributed by atoms with Gasteiger partial charge in [0.1, 0.15) is 5.75 Å². The van der Waals surface area contributed by atoms with Crippen molar-refractivity contribution in [3.8, 4) is 5.75 Å². The van der Waals surface area contributed by atoms with E-state index >= 15 is 0 Å². The summed E-state index contributed by atoms with van der Waals surface area (Å²) in [4.78, 5) is 0. The smallest absolute Gasteiger partial charge is 0.213 e. The zero-order chi connectivity index (χ0) is 19.3. The second kappa shape index (κ2) is 7.11. The van der Waals surface area contributed by atoms with E-state index in [4.69, 9.17) is 33.0 Å².